The molecule has 1 fully saturated rings. The van der Waals surface area contributed by atoms with Crippen LogP contribution in [0.4, 0.5) is 13.2 Å². The number of nitrogens with one attached hydrogen (secondary N) is 2. The molecule has 1 aromatic heterocycles. The van der Waals surface area contributed by atoms with Gasteiger partial charge in [0, 0.05) is 17.5 Å². The molecule has 2 aromatic carbocycles. The van der Waals surface area contributed by atoms with Crippen molar-refractivity contribution in [2.75, 3.05) is 6.54 Å². The number of aromatic nitrogens is 1. The van der Waals surface area contributed by atoms with Gasteiger partial charge in [-0.1, -0.05) is 0 Å². The number of nitrogens with two attached hydrogens (primary N) is 1. The molecule has 27 heavy (non-hydrogen) atoms. The quantitative estimate of drug-likeness (QED) is 0.640. The van der Waals surface area contributed by atoms with Crippen LogP contribution < -0.4 is 11.1 Å². The first-order valence-corrected chi connectivity index (χ1v) is 8.70. The van der Waals surface area contributed by atoms with E-state index in [1.54, 1.807) is 12.1 Å². The fourth-order valence-electron chi connectivity index (χ4n) is 3.77. The van der Waals surface area contributed by atoms with Crippen LogP contribution in [0.3, 0.4) is 0 Å². The summed E-state index contributed by atoms with van der Waals surface area (Å²) in [6.45, 7) is 0.0966. The molecule has 4 nitrogen and oxygen atoms in total. The molecule has 4 N–H and O–H groups in total. The predicted octanol–water partition coefficient (Wildman–Crippen LogP) is 3.57. The molecule has 4 rings (SSSR count). The number of hydrogen-bond donors (Lipinski definition) is 3. The Bertz CT molecular complexity index is 1010. The Morgan fingerprint density at radius 1 is 1.11 bits per heavy atom. The fourth-order valence-corrected chi connectivity index (χ4v) is 3.77. The lowest BCUT2D eigenvalue weighted by Gasteiger charge is -2.36. The van der Waals surface area contributed by atoms with E-state index in [-0.39, 0.29) is 29.8 Å². The molecule has 1 aliphatic rings. The van der Waals surface area contributed by atoms with Gasteiger partial charge >= 0.3 is 0 Å². The van der Waals surface area contributed by atoms with Gasteiger partial charge in [-0.2, -0.15) is 0 Å². The summed E-state index contributed by atoms with van der Waals surface area (Å²) in [6, 6.07) is 8.17. The van der Waals surface area contributed by atoms with Gasteiger partial charge in [-0.05, 0) is 60.2 Å². The van der Waals surface area contributed by atoms with Crippen molar-refractivity contribution in [3.8, 4) is 11.3 Å². The van der Waals surface area contributed by atoms with Crippen molar-refractivity contribution >= 4 is 16.8 Å². The average molecular weight is 373 g/mol. The second kappa shape index (κ2) is 6.74. The van der Waals surface area contributed by atoms with E-state index in [1.165, 1.54) is 18.2 Å². The highest BCUT2D eigenvalue weighted by Gasteiger charge is 2.34. The summed E-state index contributed by atoms with van der Waals surface area (Å²) in [5.74, 6) is -2.05. The van der Waals surface area contributed by atoms with Crippen LogP contribution in [0.5, 0.6) is 0 Å². The molecule has 7 heteroatoms. The molecule has 0 atom stereocenters. The lowest BCUT2D eigenvalue weighted by molar-refractivity contribution is -0.117. The molecule has 3 aromatic rings. The van der Waals surface area contributed by atoms with Crippen LogP contribution in [0.2, 0.25) is 0 Å². The molecular formula is C20H18F3N3O. The van der Waals surface area contributed by atoms with Crippen LogP contribution in [0, 0.1) is 17.5 Å². The van der Waals surface area contributed by atoms with E-state index in [9.17, 15) is 18.0 Å². The zero-order valence-corrected chi connectivity index (χ0v) is 14.4. The van der Waals surface area contributed by atoms with Gasteiger partial charge < -0.3 is 16.0 Å². The molecular weight excluding hydrogens is 355 g/mol. The first-order chi connectivity index (χ1) is 12.9. The smallest absolute Gasteiger partial charge is 0.231 e. The number of amides is 1. The third-order valence-corrected chi connectivity index (χ3v) is 5.11. The van der Waals surface area contributed by atoms with E-state index in [1.807, 2.05) is 0 Å². The van der Waals surface area contributed by atoms with Crippen molar-refractivity contribution in [1.82, 2.24) is 10.3 Å². The Balaban J connectivity index is 1.74. The number of H-pyrrole nitrogens is 1. The van der Waals surface area contributed by atoms with E-state index in [0.29, 0.717) is 29.5 Å². The third kappa shape index (κ3) is 3.30. The van der Waals surface area contributed by atoms with Crippen LogP contribution in [0.1, 0.15) is 24.3 Å². The lowest BCUT2D eigenvalue weighted by Crippen LogP contribution is -2.43. The first-order valence-electron chi connectivity index (χ1n) is 8.70. The molecule has 1 heterocycles. The normalized spacial score (nSPS) is 19.2. The Kier molecular flexibility index (Phi) is 4.39. The van der Waals surface area contributed by atoms with Crippen LogP contribution in [0.15, 0.2) is 36.4 Å². The van der Waals surface area contributed by atoms with Gasteiger partial charge in [0.2, 0.25) is 5.91 Å². The van der Waals surface area contributed by atoms with Gasteiger partial charge in [0.05, 0.1) is 17.8 Å². The number of primary amides is 1. The molecule has 0 aliphatic heterocycles. The summed E-state index contributed by atoms with van der Waals surface area (Å²) in [5.41, 5.74) is 7.56. The number of rotatable bonds is 5. The van der Waals surface area contributed by atoms with Gasteiger partial charge in [0.15, 0.2) is 0 Å². The Hall–Kier alpha value is -2.80. The van der Waals surface area contributed by atoms with E-state index in [4.69, 9.17) is 5.73 Å². The maximum atomic E-state index is 14.3. The second-order valence-corrected chi connectivity index (χ2v) is 6.94. The van der Waals surface area contributed by atoms with Crippen molar-refractivity contribution in [3.05, 3.63) is 59.4 Å². The molecule has 0 radical (unpaired) electrons. The molecule has 0 spiro atoms. The standard InChI is InChI=1S/C20H18F3N3O/c21-12-3-1-10(2-4-12)19-18(11-5-14(6-11)25-9-17(24)27)15-7-13(22)8-16(23)20(15)26-19/h1-4,7-8,11,14,25-26H,5-6,9H2,(H2,24,27). The van der Waals surface area contributed by atoms with Crippen molar-refractivity contribution in [3.63, 3.8) is 0 Å². The maximum Gasteiger partial charge on any atom is 0.231 e. The third-order valence-electron chi connectivity index (χ3n) is 5.11. The molecule has 0 bridgehead atoms. The molecule has 1 saturated carbocycles. The number of fused-ring (bicyclic) bond motifs is 1. The highest BCUT2D eigenvalue weighted by Crippen LogP contribution is 2.45. The van der Waals surface area contributed by atoms with E-state index in [0.717, 1.165) is 11.6 Å². The number of halogens is 3. The number of hydrogen-bond acceptors (Lipinski definition) is 2. The average Bonchev–Trinajstić information content (AvgIpc) is 2.93. The van der Waals surface area contributed by atoms with Gasteiger partial charge in [-0.25, -0.2) is 13.2 Å². The minimum Gasteiger partial charge on any atom is -0.369 e. The number of carbonyl (C=O) groups excluding carboxylic acids is 1. The van der Waals surface area contributed by atoms with Crippen molar-refractivity contribution in [2.24, 2.45) is 5.73 Å². The first kappa shape index (κ1) is 17.6. The summed E-state index contributed by atoms with van der Waals surface area (Å²) in [6.07, 6.45) is 1.43. The molecule has 0 unspecified atom stereocenters. The Morgan fingerprint density at radius 3 is 2.48 bits per heavy atom. The molecule has 0 saturated heterocycles. The minimum absolute atomic E-state index is 0.0605. The zero-order chi connectivity index (χ0) is 19.1. The van der Waals surface area contributed by atoms with E-state index >= 15 is 0 Å². The maximum absolute atomic E-state index is 14.3. The zero-order valence-electron chi connectivity index (χ0n) is 14.4. The van der Waals surface area contributed by atoms with Crippen LogP contribution in [-0.2, 0) is 4.79 Å². The van der Waals surface area contributed by atoms with E-state index < -0.39 is 17.5 Å². The van der Waals surface area contributed by atoms with Crippen molar-refractivity contribution in [1.29, 1.82) is 0 Å². The SMILES string of the molecule is NC(=O)CNC1CC(c2c(-c3ccc(F)cc3)[nH]c3c(F)cc(F)cc23)C1. The summed E-state index contributed by atoms with van der Waals surface area (Å²) in [7, 11) is 0. The predicted molar refractivity (Wildman–Crippen MR) is 96.6 cm³/mol. The second-order valence-electron chi connectivity index (χ2n) is 6.94. The van der Waals surface area contributed by atoms with Crippen molar-refractivity contribution in [2.45, 2.75) is 24.8 Å². The number of carbonyl (C=O) groups is 1. The van der Waals surface area contributed by atoms with E-state index in [2.05, 4.69) is 10.3 Å². The van der Waals surface area contributed by atoms with Gasteiger partial charge in [0.1, 0.15) is 17.5 Å². The Morgan fingerprint density at radius 2 is 1.81 bits per heavy atom. The highest BCUT2D eigenvalue weighted by atomic mass is 19.1. The lowest BCUT2D eigenvalue weighted by atomic mass is 9.74. The van der Waals surface area contributed by atoms with Crippen molar-refractivity contribution < 1.29 is 18.0 Å². The number of benzene rings is 2. The largest absolute Gasteiger partial charge is 0.369 e. The van der Waals surface area contributed by atoms with Gasteiger partial charge in [0.25, 0.3) is 0 Å². The minimum atomic E-state index is -0.665. The van der Waals surface area contributed by atoms with Crippen LogP contribution in [0.25, 0.3) is 22.2 Å². The van der Waals surface area contributed by atoms with Crippen LogP contribution in [-0.4, -0.2) is 23.5 Å². The summed E-state index contributed by atoms with van der Waals surface area (Å²) in [4.78, 5) is 14.0. The van der Waals surface area contributed by atoms with Gasteiger partial charge in [-0.3, -0.25) is 4.79 Å². The Labute approximate surface area is 153 Å². The summed E-state index contributed by atoms with van der Waals surface area (Å²) in [5, 5.41) is 3.56. The summed E-state index contributed by atoms with van der Waals surface area (Å²) >= 11 is 0. The van der Waals surface area contributed by atoms with Crippen LogP contribution >= 0.6 is 0 Å². The molecule has 140 valence electrons. The topological polar surface area (TPSA) is 70.9 Å². The van der Waals surface area contributed by atoms with Gasteiger partial charge in [-0.15, -0.1) is 0 Å². The highest BCUT2D eigenvalue weighted by molar-refractivity contribution is 5.92. The monoisotopic (exact) mass is 373 g/mol. The number of aromatic amines is 1. The molecule has 1 aliphatic carbocycles. The molecule has 1 amide bonds. The fraction of sp³-hybridized carbons (Fsp3) is 0.250. The summed E-state index contributed by atoms with van der Waals surface area (Å²) < 4.78 is 41.4.